The molecule has 0 saturated carbocycles. The van der Waals surface area contributed by atoms with Crippen LogP contribution < -0.4 is 10.1 Å². The summed E-state index contributed by atoms with van der Waals surface area (Å²) in [6.45, 7) is 1.90. The van der Waals surface area contributed by atoms with Crippen molar-refractivity contribution in [2.75, 3.05) is 6.61 Å². The summed E-state index contributed by atoms with van der Waals surface area (Å²) >= 11 is 1.53. The summed E-state index contributed by atoms with van der Waals surface area (Å²) in [5.74, 6) is 0.0642. The van der Waals surface area contributed by atoms with Crippen molar-refractivity contribution in [1.82, 2.24) is 10.3 Å². The molecule has 176 valence electrons. The summed E-state index contributed by atoms with van der Waals surface area (Å²) < 4.78 is 26.1. The molecule has 0 aliphatic rings. The van der Waals surface area contributed by atoms with Crippen molar-refractivity contribution in [2.24, 2.45) is 0 Å². The normalized spacial score (nSPS) is 11.1. The molecule has 0 atom stereocenters. The van der Waals surface area contributed by atoms with Gasteiger partial charge in [0.1, 0.15) is 27.9 Å². The first-order valence-electron chi connectivity index (χ1n) is 11.1. The number of thiazole rings is 1. The lowest BCUT2D eigenvalue weighted by Gasteiger charge is -2.07. The molecule has 0 bridgehead atoms. The highest BCUT2D eigenvalue weighted by atomic mass is 32.1. The zero-order valence-corrected chi connectivity index (χ0v) is 19.7. The van der Waals surface area contributed by atoms with E-state index in [9.17, 15) is 14.0 Å². The number of halogens is 1. The van der Waals surface area contributed by atoms with E-state index in [4.69, 9.17) is 9.15 Å². The number of furan rings is 1. The third kappa shape index (κ3) is 4.79. The Bertz CT molecular complexity index is 1510. The maximum absolute atomic E-state index is 13.4. The van der Waals surface area contributed by atoms with Gasteiger partial charge in [-0.25, -0.2) is 9.37 Å². The number of Topliss-reactive ketones (excluding diaryl/α,β-unsaturated/α-hetero) is 1. The SMILES string of the molecule is CCC(=O)c1c(-c2ccc(F)cc2)oc2ccc(OCC(=O)NCc3nc4ccccc4s3)cc12. The number of para-hydroxylation sites is 1. The van der Waals surface area contributed by atoms with Crippen LogP contribution in [0.25, 0.3) is 32.5 Å². The number of nitrogens with one attached hydrogen (secondary N) is 1. The molecule has 5 rings (SSSR count). The number of nitrogens with zero attached hydrogens (tertiary/aromatic N) is 1. The minimum Gasteiger partial charge on any atom is -0.484 e. The van der Waals surface area contributed by atoms with E-state index < -0.39 is 0 Å². The van der Waals surface area contributed by atoms with E-state index in [0.717, 1.165) is 15.2 Å². The number of hydrogen-bond acceptors (Lipinski definition) is 6. The highest BCUT2D eigenvalue weighted by Gasteiger charge is 2.21. The molecule has 0 spiro atoms. The standard InChI is InChI=1S/C27H21FN2O4S/c1-2-21(31)26-19-13-18(11-12-22(19)34-27(26)16-7-9-17(28)10-8-16)33-15-24(32)29-14-25-30-20-5-3-4-6-23(20)35-25/h3-13H,2,14-15H2,1H3,(H,29,32). The third-order valence-electron chi connectivity index (χ3n) is 5.51. The lowest BCUT2D eigenvalue weighted by Crippen LogP contribution is -2.28. The largest absolute Gasteiger partial charge is 0.484 e. The molecule has 0 unspecified atom stereocenters. The summed E-state index contributed by atoms with van der Waals surface area (Å²) in [6, 6.07) is 18.7. The number of aromatic nitrogens is 1. The van der Waals surface area contributed by atoms with Crippen LogP contribution in [0.5, 0.6) is 5.75 Å². The van der Waals surface area contributed by atoms with Crippen molar-refractivity contribution >= 4 is 44.2 Å². The van der Waals surface area contributed by atoms with Crippen LogP contribution in [0.1, 0.15) is 28.7 Å². The van der Waals surface area contributed by atoms with Crippen LogP contribution in [0.15, 0.2) is 71.1 Å². The Morgan fingerprint density at radius 2 is 1.89 bits per heavy atom. The molecule has 0 aliphatic carbocycles. The number of rotatable bonds is 8. The van der Waals surface area contributed by atoms with Gasteiger partial charge in [-0.15, -0.1) is 11.3 Å². The average molecular weight is 489 g/mol. The quantitative estimate of drug-likeness (QED) is 0.266. The lowest BCUT2D eigenvalue weighted by atomic mass is 10.0. The van der Waals surface area contributed by atoms with Crippen LogP contribution >= 0.6 is 11.3 Å². The Labute approximate surface area is 204 Å². The van der Waals surface area contributed by atoms with E-state index in [-0.39, 0.29) is 30.5 Å². The summed E-state index contributed by atoms with van der Waals surface area (Å²) in [7, 11) is 0. The molecule has 2 heterocycles. The molecule has 0 radical (unpaired) electrons. The van der Waals surface area contributed by atoms with Crippen molar-refractivity contribution in [1.29, 1.82) is 0 Å². The second-order valence-corrected chi connectivity index (χ2v) is 9.00. The first-order chi connectivity index (χ1) is 17.0. The predicted molar refractivity (Wildman–Crippen MR) is 133 cm³/mol. The Morgan fingerprint density at radius 1 is 1.09 bits per heavy atom. The topological polar surface area (TPSA) is 81.4 Å². The van der Waals surface area contributed by atoms with Crippen LogP contribution in [0.3, 0.4) is 0 Å². The summed E-state index contributed by atoms with van der Waals surface area (Å²) in [4.78, 5) is 29.6. The van der Waals surface area contributed by atoms with E-state index in [1.807, 2.05) is 24.3 Å². The van der Waals surface area contributed by atoms with E-state index in [1.165, 1.54) is 23.5 Å². The number of benzene rings is 3. The van der Waals surface area contributed by atoms with Crippen molar-refractivity contribution in [2.45, 2.75) is 19.9 Å². The van der Waals surface area contributed by atoms with Gasteiger partial charge in [0.2, 0.25) is 0 Å². The lowest BCUT2D eigenvalue weighted by molar-refractivity contribution is -0.123. The fraction of sp³-hybridized carbons (Fsp3) is 0.148. The van der Waals surface area contributed by atoms with Crippen LogP contribution in [-0.4, -0.2) is 23.3 Å². The van der Waals surface area contributed by atoms with Crippen molar-refractivity contribution in [3.63, 3.8) is 0 Å². The number of carbonyl (C=O) groups is 2. The number of carbonyl (C=O) groups excluding carboxylic acids is 2. The smallest absolute Gasteiger partial charge is 0.258 e. The Kier molecular flexibility index (Phi) is 6.29. The number of ether oxygens (including phenoxy) is 1. The predicted octanol–water partition coefficient (Wildman–Crippen LogP) is 6.14. The third-order valence-corrected chi connectivity index (χ3v) is 6.55. The molecule has 0 fully saturated rings. The average Bonchev–Trinajstić information content (AvgIpc) is 3.47. The van der Waals surface area contributed by atoms with Gasteiger partial charge >= 0.3 is 0 Å². The van der Waals surface area contributed by atoms with Crippen LogP contribution in [0, 0.1) is 5.82 Å². The fourth-order valence-electron chi connectivity index (χ4n) is 3.79. The monoisotopic (exact) mass is 488 g/mol. The van der Waals surface area contributed by atoms with E-state index in [0.29, 0.717) is 40.2 Å². The minimum absolute atomic E-state index is 0.103. The van der Waals surface area contributed by atoms with Crippen LogP contribution in [-0.2, 0) is 11.3 Å². The van der Waals surface area contributed by atoms with Gasteiger partial charge in [-0.2, -0.15) is 0 Å². The molecule has 1 amide bonds. The molecule has 2 aromatic heterocycles. The number of fused-ring (bicyclic) bond motifs is 2. The second kappa shape index (κ2) is 9.68. The molecule has 35 heavy (non-hydrogen) atoms. The molecule has 0 aliphatic heterocycles. The summed E-state index contributed by atoms with van der Waals surface area (Å²) in [6.07, 6.45) is 0.280. The Balaban J connectivity index is 1.31. The molecule has 6 nitrogen and oxygen atoms in total. The first-order valence-corrected chi connectivity index (χ1v) is 11.9. The number of ketones is 1. The zero-order valence-electron chi connectivity index (χ0n) is 18.8. The minimum atomic E-state index is -0.370. The Morgan fingerprint density at radius 3 is 2.66 bits per heavy atom. The van der Waals surface area contributed by atoms with Crippen LogP contribution in [0.4, 0.5) is 4.39 Å². The maximum atomic E-state index is 13.4. The summed E-state index contributed by atoms with van der Waals surface area (Å²) in [5, 5.41) is 4.22. The molecular formula is C27H21FN2O4S. The van der Waals surface area contributed by atoms with E-state index >= 15 is 0 Å². The molecule has 3 aromatic carbocycles. The van der Waals surface area contributed by atoms with Crippen molar-refractivity contribution < 1.29 is 23.1 Å². The van der Waals surface area contributed by atoms with Crippen LogP contribution in [0.2, 0.25) is 0 Å². The van der Waals surface area contributed by atoms with Gasteiger partial charge in [-0.1, -0.05) is 19.1 Å². The number of hydrogen-bond donors (Lipinski definition) is 1. The van der Waals surface area contributed by atoms with Gasteiger partial charge in [0.25, 0.3) is 5.91 Å². The molecule has 0 saturated heterocycles. The van der Waals surface area contributed by atoms with Gasteiger partial charge in [0.05, 0.1) is 22.3 Å². The van der Waals surface area contributed by atoms with Gasteiger partial charge in [0, 0.05) is 17.4 Å². The van der Waals surface area contributed by atoms with Gasteiger partial charge in [0.15, 0.2) is 12.4 Å². The second-order valence-electron chi connectivity index (χ2n) is 7.89. The number of amides is 1. The van der Waals surface area contributed by atoms with Crippen molar-refractivity contribution in [3.8, 4) is 17.1 Å². The van der Waals surface area contributed by atoms with E-state index in [1.54, 1.807) is 37.3 Å². The Hall–Kier alpha value is -4.04. The van der Waals surface area contributed by atoms with Gasteiger partial charge in [-0.05, 0) is 54.6 Å². The van der Waals surface area contributed by atoms with Gasteiger partial charge < -0.3 is 14.5 Å². The van der Waals surface area contributed by atoms with Crippen molar-refractivity contribution in [3.05, 3.63) is 83.1 Å². The highest BCUT2D eigenvalue weighted by molar-refractivity contribution is 7.18. The maximum Gasteiger partial charge on any atom is 0.258 e. The van der Waals surface area contributed by atoms with Gasteiger partial charge in [-0.3, -0.25) is 9.59 Å². The molecular weight excluding hydrogens is 467 g/mol. The fourth-order valence-corrected chi connectivity index (χ4v) is 4.70. The molecule has 8 heteroatoms. The summed E-state index contributed by atoms with van der Waals surface area (Å²) in [5.41, 5.74) is 2.44. The molecule has 5 aromatic rings. The zero-order chi connectivity index (χ0) is 24.4. The molecule has 1 N–H and O–H groups in total. The highest BCUT2D eigenvalue weighted by Crippen LogP contribution is 2.36. The van der Waals surface area contributed by atoms with E-state index in [2.05, 4.69) is 10.3 Å². The first kappa shape index (κ1) is 22.7.